The molecule has 4 nitrogen and oxygen atoms in total. The van der Waals surface area contributed by atoms with Crippen LogP contribution >= 0.6 is 0 Å². The lowest BCUT2D eigenvalue weighted by atomic mass is 10.5. The minimum absolute atomic E-state index is 0.184. The fourth-order valence-corrected chi connectivity index (χ4v) is 0.707. The van der Waals surface area contributed by atoms with E-state index in [-0.39, 0.29) is 6.23 Å². The second-order valence-corrected chi connectivity index (χ2v) is 1.77. The number of aliphatic imine (C=N–C) groups is 1. The lowest BCUT2D eigenvalue weighted by molar-refractivity contribution is 0.0352. The van der Waals surface area contributed by atoms with Gasteiger partial charge in [-0.1, -0.05) is 0 Å². The Labute approximate surface area is 53.4 Å². The quantitative estimate of drug-likeness (QED) is 0.474. The standard InChI is InChI=1S/C5H9N3O/c6-4-8-5-3-7-1-2-9-5/h5-7H,1-3H2. The zero-order valence-electron chi connectivity index (χ0n) is 5.05. The molecule has 2 N–H and O–H groups in total. The molecule has 0 spiro atoms. The van der Waals surface area contributed by atoms with Crippen molar-refractivity contribution in [2.24, 2.45) is 4.99 Å². The van der Waals surface area contributed by atoms with Gasteiger partial charge in [0.25, 0.3) is 0 Å². The molecule has 0 aromatic carbocycles. The van der Waals surface area contributed by atoms with Crippen molar-refractivity contribution < 1.29 is 4.74 Å². The maximum Gasteiger partial charge on any atom is 0.171 e. The summed E-state index contributed by atoms with van der Waals surface area (Å²) in [6.07, 6.45) is -0.184. The van der Waals surface area contributed by atoms with E-state index in [0.29, 0.717) is 13.2 Å². The van der Waals surface area contributed by atoms with Gasteiger partial charge < -0.3 is 10.1 Å². The van der Waals surface area contributed by atoms with Gasteiger partial charge in [0.15, 0.2) is 6.23 Å². The van der Waals surface area contributed by atoms with Crippen molar-refractivity contribution in [2.75, 3.05) is 19.7 Å². The van der Waals surface area contributed by atoms with Crippen LogP contribution in [0.4, 0.5) is 0 Å². The fourth-order valence-electron chi connectivity index (χ4n) is 0.707. The van der Waals surface area contributed by atoms with Crippen LogP contribution in [0.3, 0.4) is 0 Å². The number of hydrogen-bond acceptors (Lipinski definition) is 4. The van der Waals surface area contributed by atoms with Crippen molar-refractivity contribution in [3.8, 4) is 0 Å². The summed E-state index contributed by atoms with van der Waals surface area (Å²) in [4.78, 5) is 3.62. The second kappa shape index (κ2) is 3.35. The Morgan fingerprint density at radius 1 is 1.78 bits per heavy atom. The van der Waals surface area contributed by atoms with Crippen LogP contribution in [0.15, 0.2) is 4.99 Å². The molecule has 1 heterocycles. The van der Waals surface area contributed by atoms with Gasteiger partial charge >= 0.3 is 0 Å². The van der Waals surface area contributed by atoms with Crippen LogP contribution in [0.5, 0.6) is 0 Å². The van der Waals surface area contributed by atoms with Crippen molar-refractivity contribution in [2.45, 2.75) is 6.23 Å². The summed E-state index contributed by atoms with van der Waals surface area (Å²) >= 11 is 0. The van der Waals surface area contributed by atoms with E-state index >= 15 is 0 Å². The van der Waals surface area contributed by atoms with E-state index < -0.39 is 0 Å². The van der Waals surface area contributed by atoms with Crippen molar-refractivity contribution in [3.05, 3.63) is 0 Å². The molecular formula is C5H9N3O. The summed E-state index contributed by atoms with van der Waals surface area (Å²) in [6, 6.07) is 1.95. The van der Waals surface area contributed by atoms with Crippen LogP contribution in [0.25, 0.3) is 0 Å². The van der Waals surface area contributed by atoms with E-state index in [1.807, 2.05) is 6.01 Å². The molecule has 0 amide bonds. The van der Waals surface area contributed by atoms with E-state index in [2.05, 4.69) is 10.3 Å². The first-order valence-corrected chi connectivity index (χ1v) is 2.87. The van der Waals surface area contributed by atoms with Crippen molar-refractivity contribution >= 4 is 6.01 Å². The van der Waals surface area contributed by atoms with Crippen molar-refractivity contribution in [1.82, 2.24) is 5.32 Å². The predicted octanol–water partition coefficient (Wildman–Crippen LogP) is -0.315. The minimum Gasteiger partial charge on any atom is -0.353 e. The fraction of sp³-hybridized carbons (Fsp3) is 0.800. The van der Waals surface area contributed by atoms with Crippen LogP contribution in [-0.2, 0) is 4.74 Å². The summed E-state index contributed by atoms with van der Waals surface area (Å²) in [7, 11) is 0. The van der Waals surface area contributed by atoms with Crippen LogP contribution in [0.2, 0.25) is 0 Å². The monoisotopic (exact) mass is 127 g/mol. The Morgan fingerprint density at radius 3 is 3.22 bits per heavy atom. The van der Waals surface area contributed by atoms with Gasteiger partial charge in [-0.15, -0.1) is 0 Å². The molecule has 1 rings (SSSR count). The van der Waals surface area contributed by atoms with Gasteiger partial charge in [-0.05, 0) is 0 Å². The summed E-state index contributed by atoms with van der Waals surface area (Å²) in [6.45, 7) is 2.26. The molecule has 0 aliphatic carbocycles. The molecule has 1 fully saturated rings. The Morgan fingerprint density at radius 2 is 2.67 bits per heavy atom. The lowest BCUT2D eigenvalue weighted by Crippen LogP contribution is -2.37. The van der Waals surface area contributed by atoms with E-state index in [0.717, 1.165) is 6.54 Å². The second-order valence-electron chi connectivity index (χ2n) is 1.77. The van der Waals surface area contributed by atoms with Crippen LogP contribution < -0.4 is 5.32 Å². The maximum absolute atomic E-state index is 6.51. The molecule has 0 aromatic heterocycles. The zero-order valence-corrected chi connectivity index (χ0v) is 5.05. The van der Waals surface area contributed by atoms with E-state index in [1.54, 1.807) is 0 Å². The first kappa shape index (κ1) is 6.42. The van der Waals surface area contributed by atoms with Crippen LogP contribution in [0.1, 0.15) is 0 Å². The van der Waals surface area contributed by atoms with Gasteiger partial charge in [0.1, 0.15) is 0 Å². The molecule has 1 aliphatic heterocycles. The molecule has 0 aromatic rings. The number of hydrogen-bond donors (Lipinski definition) is 2. The average Bonchev–Trinajstić information content (AvgIpc) is 1.91. The van der Waals surface area contributed by atoms with Crippen LogP contribution in [-0.4, -0.2) is 31.9 Å². The third-order valence-electron chi connectivity index (χ3n) is 1.12. The molecule has 1 aliphatic rings. The van der Waals surface area contributed by atoms with Crippen molar-refractivity contribution in [1.29, 1.82) is 5.41 Å². The Balaban J connectivity index is 2.31. The smallest absolute Gasteiger partial charge is 0.171 e. The number of nitrogens with zero attached hydrogens (tertiary/aromatic N) is 1. The molecule has 1 unspecified atom stereocenters. The van der Waals surface area contributed by atoms with Gasteiger partial charge in [0.2, 0.25) is 0 Å². The molecule has 1 atom stereocenters. The van der Waals surface area contributed by atoms with Gasteiger partial charge in [-0.3, -0.25) is 0 Å². The van der Waals surface area contributed by atoms with E-state index in [4.69, 9.17) is 10.1 Å². The van der Waals surface area contributed by atoms with E-state index in [1.165, 1.54) is 0 Å². The first-order chi connectivity index (χ1) is 4.43. The molecular weight excluding hydrogens is 118 g/mol. The normalized spacial score (nSPS) is 26.9. The zero-order chi connectivity index (χ0) is 6.53. The highest BCUT2D eigenvalue weighted by Crippen LogP contribution is 1.94. The summed E-state index contributed by atoms with van der Waals surface area (Å²) < 4.78 is 5.11. The molecule has 0 saturated carbocycles. The number of ether oxygens (including phenoxy) is 1. The topological polar surface area (TPSA) is 57.5 Å². The molecule has 50 valence electrons. The molecule has 1 saturated heterocycles. The highest BCUT2D eigenvalue weighted by atomic mass is 16.5. The Hall–Kier alpha value is -0.700. The molecule has 4 heteroatoms. The highest BCUT2D eigenvalue weighted by Gasteiger charge is 2.09. The largest absolute Gasteiger partial charge is 0.353 e. The number of rotatable bonds is 1. The summed E-state index contributed by atoms with van der Waals surface area (Å²) in [5, 5.41) is 9.59. The lowest BCUT2D eigenvalue weighted by Gasteiger charge is -2.18. The Kier molecular flexibility index (Phi) is 2.39. The van der Waals surface area contributed by atoms with Crippen molar-refractivity contribution in [3.63, 3.8) is 0 Å². The third kappa shape index (κ3) is 1.93. The molecule has 0 bridgehead atoms. The molecule has 0 radical (unpaired) electrons. The van der Waals surface area contributed by atoms with Crippen LogP contribution in [0, 0.1) is 5.41 Å². The number of nitrogens with one attached hydrogen (secondary N) is 2. The third-order valence-corrected chi connectivity index (χ3v) is 1.12. The maximum atomic E-state index is 6.51. The summed E-state index contributed by atoms with van der Waals surface area (Å²) in [5.41, 5.74) is 0. The predicted molar refractivity (Wildman–Crippen MR) is 32.8 cm³/mol. The summed E-state index contributed by atoms with van der Waals surface area (Å²) in [5.74, 6) is 0. The van der Waals surface area contributed by atoms with E-state index in [9.17, 15) is 0 Å². The minimum atomic E-state index is -0.184. The van der Waals surface area contributed by atoms with Gasteiger partial charge in [0.05, 0.1) is 12.6 Å². The van der Waals surface area contributed by atoms with Gasteiger partial charge in [-0.25, -0.2) is 5.41 Å². The first-order valence-electron chi connectivity index (χ1n) is 2.87. The SMILES string of the molecule is N=C=NC1CNCCO1. The average molecular weight is 127 g/mol. The number of morpholine rings is 1. The Bertz CT molecular complexity index is 124. The molecule has 9 heavy (non-hydrogen) atoms. The van der Waals surface area contributed by atoms with Gasteiger partial charge in [-0.2, -0.15) is 4.99 Å². The van der Waals surface area contributed by atoms with Gasteiger partial charge in [0, 0.05) is 13.1 Å². The highest BCUT2D eigenvalue weighted by molar-refractivity contribution is 5.36.